The van der Waals surface area contributed by atoms with Crippen molar-refractivity contribution in [2.45, 2.75) is 6.54 Å². The fourth-order valence-corrected chi connectivity index (χ4v) is 4.79. The van der Waals surface area contributed by atoms with Crippen molar-refractivity contribution in [1.82, 2.24) is 9.97 Å². The normalized spacial score (nSPS) is 10.8. The Morgan fingerprint density at radius 3 is 2.52 bits per heavy atom. The third-order valence-electron chi connectivity index (χ3n) is 4.40. The van der Waals surface area contributed by atoms with Crippen LogP contribution in [0.25, 0.3) is 10.2 Å². The Morgan fingerprint density at radius 1 is 1.10 bits per heavy atom. The number of thiazole rings is 1. The van der Waals surface area contributed by atoms with Crippen LogP contribution in [-0.4, -0.2) is 35.0 Å². The van der Waals surface area contributed by atoms with Gasteiger partial charge in [-0.2, -0.15) is 0 Å². The van der Waals surface area contributed by atoms with Crippen LogP contribution in [0.5, 0.6) is 11.5 Å². The Bertz CT molecular complexity index is 1210. The summed E-state index contributed by atoms with van der Waals surface area (Å²) in [5.74, 6) is 0.757. The summed E-state index contributed by atoms with van der Waals surface area (Å²) in [5, 5.41) is 11.4. The van der Waals surface area contributed by atoms with Crippen LogP contribution in [0.2, 0.25) is 0 Å². The average molecular weight is 457 g/mol. The molecule has 9 nitrogen and oxygen atoms in total. The first kappa shape index (κ1) is 20.7. The van der Waals surface area contributed by atoms with Gasteiger partial charge in [0.05, 0.1) is 36.3 Å². The van der Waals surface area contributed by atoms with Crippen LogP contribution >= 0.6 is 22.7 Å². The molecule has 0 aliphatic carbocycles. The zero-order valence-electron chi connectivity index (χ0n) is 16.5. The molecule has 11 heteroatoms. The standard InChI is InChI=1S/C20H16N4O5S2/c1-28-13-6-7-14(29-2)18-17(13)22-20(31-18)23(11-12-5-3-4-10-21-12)19(25)15-8-9-16(30-15)24(26)27/h3-10H,11H2,1-2H3. The lowest BCUT2D eigenvalue weighted by atomic mass is 10.3. The van der Waals surface area contributed by atoms with Gasteiger partial charge in [-0.1, -0.05) is 28.7 Å². The van der Waals surface area contributed by atoms with Crippen LogP contribution in [0.3, 0.4) is 0 Å². The number of nitro groups is 1. The number of rotatable bonds is 7. The molecule has 1 aromatic carbocycles. The van der Waals surface area contributed by atoms with Crippen LogP contribution in [0.1, 0.15) is 15.4 Å². The number of ether oxygens (including phenoxy) is 2. The van der Waals surface area contributed by atoms with Crippen molar-refractivity contribution < 1.29 is 19.2 Å². The molecule has 4 aromatic rings. The Labute approximate surface area is 184 Å². The maximum Gasteiger partial charge on any atom is 0.324 e. The SMILES string of the molecule is COc1ccc(OC)c2sc(N(Cc3ccccn3)C(=O)c3ccc([N+](=O)[O-])s3)nc12. The lowest BCUT2D eigenvalue weighted by Gasteiger charge is -2.18. The third-order valence-corrected chi connectivity index (χ3v) is 6.52. The molecule has 3 aromatic heterocycles. The molecule has 1 amide bonds. The highest BCUT2D eigenvalue weighted by atomic mass is 32.1. The van der Waals surface area contributed by atoms with Crippen molar-refractivity contribution in [3.05, 3.63) is 69.3 Å². The highest BCUT2D eigenvalue weighted by Gasteiger charge is 2.26. The molecule has 0 atom stereocenters. The van der Waals surface area contributed by atoms with E-state index in [9.17, 15) is 14.9 Å². The molecule has 3 heterocycles. The summed E-state index contributed by atoms with van der Waals surface area (Å²) in [4.78, 5) is 34.6. The van der Waals surface area contributed by atoms with Crippen molar-refractivity contribution in [2.75, 3.05) is 19.1 Å². The van der Waals surface area contributed by atoms with E-state index < -0.39 is 10.8 Å². The molecule has 158 valence electrons. The number of thiophene rings is 1. The second-order valence-corrected chi connectivity index (χ2v) is 8.29. The first-order chi connectivity index (χ1) is 15.0. The number of hydrogen-bond donors (Lipinski definition) is 0. The van der Waals surface area contributed by atoms with E-state index in [4.69, 9.17) is 9.47 Å². The second kappa shape index (κ2) is 8.66. The molecular formula is C20H16N4O5S2. The fourth-order valence-electron chi connectivity index (χ4n) is 2.94. The van der Waals surface area contributed by atoms with Gasteiger partial charge in [-0.3, -0.25) is 24.8 Å². The second-order valence-electron chi connectivity index (χ2n) is 6.25. The molecule has 0 aliphatic heterocycles. The van der Waals surface area contributed by atoms with Crippen molar-refractivity contribution in [2.24, 2.45) is 0 Å². The number of carbonyl (C=O) groups is 1. The summed E-state index contributed by atoms with van der Waals surface area (Å²) >= 11 is 2.10. The molecule has 31 heavy (non-hydrogen) atoms. The fraction of sp³-hybridized carbons (Fsp3) is 0.150. The van der Waals surface area contributed by atoms with Gasteiger partial charge in [-0.25, -0.2) is 4.98 Å². The van der Waals surface area contributed by atoms with Gasteiger partial charge in [0.2, 0.25) is 0 Å². The van der Waals surface area contributed by atoms with Crippen molar-refractivity contribution in [3.8, 4) is 11.5 Å². The molecule has 0 unspecified atom stereocenters. The lowest BCUT2D eigenvalue weighted by Crippen LogP contribution is -2.30. The van der Waals surface area contributed by atoms with E-state index in [1.54, 1.807) is 44.7 Å². The minimum absolute atomic E-state index is 0.103. The number of anilines is 1. The van der Waals surface area contributed by atoms with E-state index in [1.807, 2.05) is 6.07 Å². The number of nitrogens with zero attached hydrogens (tertiary/aromatic N) is 4. The van der Waals surface area contributed by atoms with Gasteiger partial charge in [0.25, 0.3) is 5.91 Å². The molecule has 0 saturated carbocycles. The number of carbonyl (C=O) groups excluding carboxylic acids is 1. The van der Waals surface area contributed by atoms with Crippen LogP contribution in [0.15, 0.2) is 48.7 Å². The molecule has 0 aliphatic rings. The number of benzene rings is 1. The van der Waals surface area contributed by atoms with E-state index in [2.05, 4.69) is 9.97 Å². The van der Waals surface area contributed by atoms with E-state index in [-0.39, 0.29) is 16.4 Å². The maximum absolute atomic E-state index is 13.4. The molecule has 0 fully saturated rings. The van der Waals surface area contributed by atoms with E-state index >= 15 is 0 Å². The van der Waals surface area contributed by atoms with Crippen molar-refractivity contribution in [1.29, 1.82) is 0 Å². The zero-order valence-corrected chi connectivity index (χ0v) is 18.1. The Morgan fingerprint density at radius 2 is 1.87 bits per heavy atom. The number of hydrogen-bond acceptors (Lipinski definition) is 9. The summed E-state index contributed by atoms with van der Waals surface area (Å²) in [5.41, 5.74) is 1.22. The monoisotopic (exact) mass is 456 g/mol. The van der Waals surface area contributed by atoms with Crippen LogP contribution in [0.4, 0.5) is 10.1 Å². The van der Waals surface area contributed by atoms with Gasteiger partial charge in [-0.05, 0) is 30.3 Å². The Kier molecular flexibility index (Phi) is 5.78. The van der Waals surface area contributed by atoms with Crippen LogP contribution in [0, 0.1) is 10.1 Å². The summed E-state index contributed by atoms with van der Waals surface area (Å²) in [6.07, 6.45) is 1.64. The van der Waals surface area contributed by atoms with Gasteiger partial charge in [-0.15, -0.1) is 0 Å². The van der Waals surface area contributed by atoms with E-state index in [1.165, 1.54) is 28.4 Å². The smallest absolute Gasteiger partial charge is 0.324 e. The van der Waals surface area contributed by atoms with Crippen molar-refractivity contribution in [3.63, 3.8) is 0 Å². The predicted molar refractivity (Wildman–Crippen MR) is 118 cm³/mol. The molecule has 0 radical (unpaired) electrons. The van der Waals surface area contributed by atoms with Crippen LogP contribution < -0.4 is 14.4 Å². The maximum atomic E-state index is 13.4. The summed E-state index contributed by atoms with van der Waals surface area (Å²) in [6, 6.07) is 11.7. The van der Waals surface area contributed by atoms with E-state index in [0.717, 1.165) is 16.0 Å². The highest BCUT2D eigenvalue weighted by molar-refractivity contribution is 7.23. The third kappa shape index (κ3) is 4.05. The molecule has 0 saturated heterocycles. The summed E-state index contributed by atoms with van der Waals surface area (Å²) in [6.45, 7) is 0.149. The molecule has 0 bridgehead atoms. The van der Waals surface area contributed by atoms with Crippen molar-refractivity contribution >= 4 is 48.9 Å². The minimum atomic E-state index is -0.516. The van der Waals surface area contributed by atoms with Crippen LogP contribution in [-0.2, 0) is 6.54 Å². The number of pyridine rings is 1. The van der Waals surface area contributed by atoms with Gasteiger partial charge in [0.1, 0.15) is 21.7 Å². The summed E-state index contributed by atoms with van der Waals surface area (Å²) < 4.78 is 11.6. The van der Waals surface area contributed by atoms with E-state index in [0.29, 0.717) is 27.8 Å². The zero-order chi connectivity index (χ0) is 22.0. The number of amides is 1. The Balaban J connectivity index is 1.82. The topological polar surface area (TPSA) is 108 Å². The van der Waals surface area contributed by atoms with Gasteiger partial charge in [0, 0.05) is 12.3 Å². The molecule has 0 N–H and O–H groups in total. The number of methoxy groups -OCH3 is 2. The first-order valence-electron chi connectivity index (χ1n) is 8.99. The minimum Gasteiger partial charge on any atom is -0.495 e. The highest BCUT2D eigenvalue weighted by Crippen LogP contribution is 2.41. The lowest BCUT2D eigenvalue weighted by molar-refractivity contribution is -0.380. The van der Waals surface area contributed by atoms with Gasteiger partial charge >= 0.3 is 5.00 Å². The quantitative estimate of drug-likeness (QED) is 0.297. The molecule has 4 rings (SSSR count). The van der Waals surface area contributed by atoms with Gasteiger partial charge in [0.15, 0.2) is 5.13 Å². The average Bonchev–Trinajstić information content (AvgIpc) is 3.45. The largest absolute Gasteiger partial charge is 0.495 e. The Hall–Kier alpha value is -3.57. The predicted octanol–water partition coefficient (Wildman–Crippen LogP) is 4.53. The number of fused-ring (bicyclic) bond motifs is 1. The first-order valence-corrected chi connectivity index (χ1v) is 10.6. The molecular weight excluding hydrogens is 440 g/mol. The van der Waals surface area contributed by atoms with Gasteiger partial charge < -0.3 is 9.47 Å². The molecule has 0 spiro atoms. The summed E-state index contributed by atoms with van der Waals surface area (Å²) in [7, 11) is 3.10. The number of aromatic nitrogens is 2.